The molecular weight excluding hydrogens is 269 g/mol. The van der Waals surface area contributed by atoms with Crippen LogP contribution in [0.4, 0.5) is 4.39 Å². The minimum atomic E-state index is -0.133. The van der Waals surface area contributed by atoms with E-state index in [1.165, 1.54) is 6.07 Å². The Morgan fingerprint density at radius 1 is 1.38 bits per heavy atom. The minimum Gasteiger partial charge on any atom is -0.311 e. The molecule has 0 amide bonds. The Kier molecular flexibility index (Phi) is 4.51. The van der Waals surface area contributed by atoms with Crippen LogP contribution in [0.25, 0.3) is 0 Å². The van der Waals surface area contributed by atoms with E-state index < -0.39 is 0 Å². The topological polar surface area (TPSA) is 12.0 Å². The molecule has 1 rings (SSSR count). The number of halogens is 2. The van der Waals surface area contributed by atoms with Gasteiger partial charge < -0.3 is 5.32 Å². The fourth-order valence-corrected chi connectivity index (χ4v) is 1.84. The summed E-state index contributed by atoms with van der Waals surface area (Å²) in [6, 6.07) is 5.08. The molecule has 0 aromatic heterocycles. The Morgan fingerprint density at radius 3 is 2.56 bits per heavy atom. The molecule has 0 saturated heterocycles. The minimum absolute atomic E-state index is 0.0662. The van der Waals surface area contributed by atoms with E-state index in [9.17, 15) is 4.39 Å². The second kappa shape index (κ2) is 5.28. The summed E-state index contributed by atoms with van der Waals surface area (Å²) in [5, 5.41) is 3.38. The zero-order chi connectivity index (χ0) is 12.3. The lowest BCUT2D eigenvalue weighted by Gasteiger charge is -2.24. The third kappa shape index (κ3) is 4.22. The Hall–Kier alpha value is -0.410. The summed E-state index contributed by atoms with van der Waals surface area (Å²) in [6.07, 6.45) is 0. The van der Waals surface area contributed by atoms with Crippen LogP contribution in [0, 0.1) is 5.82 Å². The van der Waals surface area contributed by atoms with Crippen molar-refractivity contribution in [1.29, 1.82) is 0 Å². The first-order valence-electron chi connectivity index (χ1n) is 5.49. The SMILES string of the molecule is CC(CNC(C)(C)C)c1cc(Br)ccc1F. The Labute approximate surface area is 106 Å². The van der Waals surface area contributed by atoms with Crippen molar-refractivity contribution in [2.45, 2.75) is 39.2 Å². The molecule has 0 aliphatic heterocycles. The number of hydrogen-bond acceptors (Lipinski definition) is 1. The van der Waals surface area contributed by atoms with Gasteiger partial charge in [0, 0.05) is 16.6 Å². The van der Waals surface area contributed by atoms with E-state index in [0.717, 1.165) is 16.6 Å². The molecule has 1 aromatic carbocycles. The summed E-state index contributed by atoms with van der Waals surface area (Å²) in [5.41, 5.74) is 0.822. The molecule has 0 heterocycles. The van der Waals surface area contributed by atoms with Crippen molar-refractivity contribution in [1.82, 2.24) is 5.32 Å². The van der Waals surface area contributed by atoms with Gasteiger partial charge in [-0.2, -0.15) is 0 Å². The number of nitrogens with one attached hydrogen (secondary N) is 1. The van der Waals surface area contributed by atoms with Crippen molar-refractivity contribution < 1.29 is 4.39 Å². The number of benzene rings is 1. The van der Waals surface area contributed by atoms with Crippen molar-refractivity contribution in [2.75, 3.05) is 6.54 Å². The predicted octanol–water partition coefficient (Wildman–Crippen LogP) is 4.08. The molecule has 1 N–H and O–H groups in total. The lowest BCUT2D eigenvalue weighted by atomic mass is 9.99. The molecule has 1 unspecified atom stereocenters. The average molecular weight is 288 g/mol. The summed E-state index contributed by atoms with van der Waals surface area (Å²) < 4.78 is 14.5. The summed E-state index contributed by atoms with van der Waals surface area (Å²) >= 11 is 3.37. The van der Waals surface area contributed by atoms with Gasteiger partial charge in [0.1, 0.15) is 5.82 Å². The van der Waals surface area contributed by atoms with Gasteiger partial charge in [-0.1, -0.05) is 22.9 Å². The smallest absolute Gasteiger partial charge is 0.126 e. The van der Waals surface area contributed by atoms with E-state index in [1.54, 1.807) is 6.07 Å². The van der Waals surface area contributed by atoms with Crippen LogP contribution in [0.5, 0.6) is 0 Å². The number of rotatable bonds is 3. The van der Waals surface area contributed by atoms with Crippen molar-refractivity contribution >= 4 is 15.9 Å². The largest absolute Gasteiger partial charge is 0.311 e. The van der Waals surface area contributed by atoms with Gasteiger partial charge in [0.15, 0.2) is 0 Å². The van der Waals surface area contributed by atoms with Gasteiger partial charge in [0.25, 0.3) is 0 Å². The van der Waals surface area contributed by atoms with Gasteiger partial charge in [-0.05, 0) is 50.5 Å². The third-order valence-corrected chi connectivity index (χ3v) is 2.92. The first kappa shape index (κ1) is 13.7. The maximum Gasteiger partial charge on any atom is 0.126 e. The van der Waals surface area contributed by atoms with Crippen LogP contribution in [0.3, 0.4) is 0 Å². The quantitative estimate of drug-likeness (QED) is 0.883. The monoisotopic (exact) mass is 287 g/mol. The van der Waals surface area contributed by atoms with E-state index in [4.69, 9.17) is 0 Å². The highest BCUT2D eigenvalue weighted by Gasteiger charge is 2.15. The van der Waals surface area contributed by atoms with Gasteiger partial charge in [0.05, 0.1) is 0 Å². The normalized spacial score (nSPS) is 13.9. The van der Waals surface area contributed by atoms with E-state index in [-0.39, 0.29) is 17.3 Å². The fourth-order valence-electron chi connectivity index (χ4n) is 1.46. The van der Waals surface area contributed by atoms with Crippen LogP contribution in [0.1, 0.15) is 39.2 Å². The van der Waals surface area contributed by atoms with Crippen LogP contribution in [0.15, 0.2) is 22.7 Å². The second-order valence-electron chi connectivity index (χ2n) is 5.20. The van der Waals surface area contributed by atoms with Gasteiger partial charge in [-0.15, -0.1) is 0 Å². The first-order valence-corrected chi connectivity index (χ1v) is 6.29. The Balaban J connectivity index is 2.73. The molecule has 1 aromatic rings. The molecule has 0 fully saturated rings. The van der Waals surface area contributed by atoms with Crippen molar-refractivity contribution in [3.63, 3.8) is 0 Å². The summed E-state index contributed by atoms with van der Waals surface area (Å²) in [5.74, 6) is 0.0307. The molecule has 1 nitrogen and oxygen atoms in total. The molecule has 0 saturated carbocycles. The molecule has 16 heavy (non-hydrogen) atoms. The van der Waals surface area contributed by atoms with Crippen molar-refractivity contribution in [3.05, 3.63) is 34.1 Å². The molecule has 90 valence electrons. The summed E-state index contributed by atoms with van der Waals surface area (Å²) in [6.45, 7) is 9.13. The molecular formula is C13H19BrFN. The molecule has 3 heteroatoms. The van der Waals surface area contributed by atoms with Crippen LogP contribution in [-0.2, 0) is 0 Å². The van der Waals surface area contributed by atoms with Crippen LogP contribution in [-0.4, -0.2) is 12.1 Å². The van der Waals surface area contributed by atoms with Gasteiger partial charge in [-0.3, -0.25) is 0 Å². The Bertz CT molecular complexity index is 357. The lowest BCUT2D eigenvalue weighted by molar-refractivity contribution is 0.409. The van der Waals surface area contributed by atoms with Crippen LogP contribution >= 0.6 is 15.9 Å². The molecule has 0 spiro atoms. The zero-order valence-electron chi connectivity index (χ0n) is 10.3. The standard InChI is InChI=1S/C13H19BrFN/c1-9(8-16-13(2,3)4)11-7-10(14)5-6-12(11)15/h5-7,9,16H,8H2,1-4H3. The molecule has 0 aliphatic carbocycles. The summed E-state index contributed by atoms with van der Waals surface area (Å²) in [4.78, 5) is 0. The van der Waals surface area contributed by atoms with Gasteiger partial charge in [-0.25, -0.2) is 4.39 Å². The molecule has 0 radical (unpaired) electrons. The van der Waals surface area contributed by atoms with Gasteiger partial charge in [0.2, 0.25) is 0 Å². The maximum atomic E-state index is 13.6. The zero-order valence-corrected chi connectivity index (χ0v) is 11.9. The average Bonchev–Trinajstić information content (AvgIpc) is 2.17. The predicted molar refractivity (Wildman–Crippen MR) is 70.3 cm³/mol. The fraction of sp³-hybridized carbons (Fsp3) is 0.538. The molecule has 1 atom stereocenters. The van der Waals surface area contributed by atoms with Crippen LogP contribution < -0.4 is 5.32 Å². The van der Waals surface area contributed by atoms with Crippen molar-refractivity contribution in [3.8, 4) is 0 Å². The lowest BCUT2D eigenvalue weighted by Crippen LogP contribution is -2.38. The summed E-state index contributed by atoms with van der Waals surface area (Å²) in [7, 11) is 0. The third-order valence-electron chi connectivity index (χ3n) is 2.43. The molecule has 0 bridgehead atoms. The van der Waals surface area contributed by atoms with Crippen molar-refractivity contribution in [2.24, 2.45) is 0 Å². The highest BCUT2D eigenvalue weighted by atomic mass is 79.9. The van der Waals surface area contributed by atoms with E-state index >= 15 is 0 Å². The Morgan fingerprint density at radius 2 is 2.00 bits per heavy atom. The van der Waals surface area contributed by atoms with Gasteiger partial charge >= 0.3 is 0 Å². The maximum absolute atomic E-state index is 13.6. The second-order valence-corrected chi connectivity index (χ2v) is 6.11. The van der Waals surface area contributed by atoms with Crippen LogP contribution in [0.2, 0.25) is 0 Å². The van der Waals surface area contributed by atoms with E-state index in [2.05, 4.69) is 42.0 Å². The van der Waals surface area contributed by atoms with E-state index in [0.29, 0.717) is 0 Å². The molecule has 0 aliphatic rings. The first-order chi connectivity index (χ1) is 7.29. The highest BCUT2D eigenvalue weighted by molar-refractivity contribution is 9.10. The number of hydrogen-bond donors (Lipinski definition) is 1. The van der Waals surface area contributed by atoms with E-state index in [1.807, 2.05) is 13.0 Å². The highest BCUT2D eigenvalue weighted by Crippen LogP contribution is 2.23.